The van der Waals surface area contributed by atoms with Gasteiger partial charge in [0.15, 0.2) is 17.2 Å². The second kappa shape index (κ2) is 7.36. The first-order chi connectivity index (χ1) is 12.1. The first kappa shape index (κ1) is 17.0. The van der Waals surface area contributed by atoms with E-state index in [1.807, 2.05) is 30.5 Å². The summed E-state index contributed by atoms with van der Waals surface area (Å²) >= 11 is 1.47. The summed E-state index contributed by atoms with van der Waals surface area (Å²) in [6.07, 6.45) is 1.66. The highest BCUT2D eigenvalue weighted by Crippen LogP contribution is 2.30. The molecular formula is C19H17NO4S. The lowest BCUT2D eigenvalue weighted by Gasteiger charge is -2.11. The van der Waals surface area contributed by atoms with Crippen LogP contribution in [0.3, 0.4) is 0 Å². The summed E-state index contributed by atoms with van der Waals surface area (Å²) in [7, 11) is 1.58. The van der Waals surface area contributed by atoms with Gasteiger partial charge in [0.2, 0.25) is 5.90 Å². The summed E-state index contributed by atoms with van der Waals surface area (Å²) < 4.78 is 16.2. The molecule has 5 nitrogen and oxygen atoms in total. The Morgan fingerprint density at radius 1 is 1.36 bits per heavy atom. The van der Waals surface area contributed by atoms with Gasteiger partial charge in [-0.05, 0) is 47.7 Å². The van der Waals surface area contributed by atoms with Crippen molar-refractivity contribution < 1.29 is 19.0 Å². The summed E-state index contributed by atoms with van der Waals surface area (Å²) in [5, 5.41) is 1.90. The molecule has 1 aliphatic heterocycles. The summed E-state index contributed by atoms with van der Waals surface area (Å²) in [6.45, 7) is 6.09. The highest BCUT2D eigenvalue weighted by Gasteiger charge is 2.24. The topological polar surface area (TPSA) is 57.1 Å². The fourth-order valence-electron chi connectivity index (χ4n) is 2.17. The third-order valence-corrected chi connectivity index (χ3v) is 4.18. The second-order valence-electron chi connectivity index (χ2n) is 5.47. The predicted octanol–water partition coefficient (Wildman–Crippen LogP) is 4.06. The molecule has 0 amide bonds. The Kier molecular flexibility index (Phi) is 5.00. The van der Waals surface area contributed by atoms with Crippen molar-refractivity contribution in [3.05, 3.63) is 64.0 Å². The minimum Gasteiger partial charge on any atom is -0.493 e. The number of carbonyl (C=O) groups excluding carboxylic acids is 1. The number of nitrogens with zero attached hydrogens (tertiary/aromatic N) is 1. The number of rotatable bonds is 6. The van der Waals surface area contributed by atoms with Gasteiger partial charge in [-0.25, -0.2) is 9.79 Å². The lowest BCUT2D eigenvalue weighted by atomic mass is 10.1. The van der Waals surface area contributed by atoms with E-state index in [-0.39, 0.29) is 5.70 Å². The zero-order valence-corrected chi connectivity index (χ0v) is 14.8. The zero-order valence-electron chi connectivity index (χ0n) is 13.9. The SMILES string of the molecule is C=C(C)COc1cc(/C=C2\N=C(c3cccs3)OC2=O)ccc1OC. The first-order valence-electron chi connectivity index (χ1n) is 7.58. The number of methoxy groups -OCH3 is 1. The Balaban J connectivity index is 1.88. The van der Waals surface area contributed by atoms with Gasteiger partial charge in [0, 0.05) is 0 Å². The number of ether oxygens (including phenoxy) is 3. The molecule has 3 rings (SSSR count). The number of esters is 1. The Morgan fingerprint density at radius 2 is 2.20 bits per heavy atom. The number of cyclic esters (lactones) is 1. The molecule has 1 aromatic carbocycles. The van der Waals surface area contributed by atoms with Crippen molar-refractivity contribution in [3.63, 3.8) is 0 Å². The standard InChI is InChI=1S/C19H17NO4S/c1-12(2)11-23-16-10-13(6-7-15(16)22-3)9-14-19(21)24-18(20-14)17-5-4-8-25-17/h4-10H,1,11H2,2-3H3/b14-9-. The fraction of sp³-hybridized carbons (Fsp3) is 0.158. The third-order valence-electron chi connectivity index (χ3n) is 3.32. The highest BCUT2D eigenvalue weighted by molar-refractivity contribution is 7.12. The lowest BCUT2D eigenvalue weighted by Crippen LogP contribution is -2.03. The van der Waals surface area contributed by atoms with Gasteiger partial charge in [-0.3, -0.25) is 0 Å². The molecule has 6 heteroatoms. The normalized spacial score (nSPS) is 15.0. The number of thiophene rings is 1. The molecule has 0 atom stereocenters. The van der Waals surface area contributed by atoms with Gasteiger partial charge < -0.3 is 14.2 Å². The summed E-state index contributed by atoms with van der Waals surface area (Å²) in [5.41, 5.74) is 1.91. The molecular weight excluding hydrogens is 338 g/mol. The van der Waals surface area contributed by atoms with Crippen molar-refractivity contribution in [3.8, 4) is 11.5 Å². The molecule has 128 valence electrons. The minimum absolute atomic E-state index is 0.249. The molecule has 25 heavy (non-hydrogen) atoms. The van der Waals surface area contributed by atoms with Crippen LogP contribution in [0.4, 0.5) is 0 Å². The van der Waals surface area contributed by atoms with E-state index in [2.05, 4.69) is 11.6 Å². The molecule has 0 aliphatic carbocycles. The number of carbonyl (C=O) groups is 1. The summed E-state index contributed by atoms with van der Waals surface area (Å²) in [6, 6.07) is 9.14. The maximum atomic E-state index is 12.0. The van der Waals surface area contributed by atoms with Gasteiger partial charge in [0.05, 0.1) is 12.0 Å². The molecule has 0 saturated carbocycles. The van der Waals surface area contributed by atoms with Crippen LogP contribution in [-0.2, 0) is 9.53 Å². The van der Waals surface area contributed by atoms with Crippen molar-refractivity contribution in [1.29, 1.82) is 0 Å². The molecule has 0 fully saturated rings. The second-order valence-corrected chi connectivity index (χ2v) is 6.42. The van der Waals surface area contributed by atoms with E-state index in [1.165, 1.54) is 11.3 Å². The fourth-order valence-corrected chi connectivity index (χ4v) is 2.82. The van der Waals surface area contributed by atoms with E-state index >= 15 is 0 Å². The van der Waals surface area contributed by atoms with Crippen LogP contribution < -0.4 is 9.47 Å². The van der Waals surface area contributed by atoms with Crippen LogP contribution in [0.1, 0.15) is 17.4 Å². The van der Waals surface area contributed by atoms with Crippen LogP contribution in [-0.4, -0.2) is 25.6 Å². The number of hydrogen-bond acceptors (Lipinski definition) is 6. The molecule has 0 bridgehead atoms. The Labute approximate surface area is 149 Å². The van der Waals surface area contributed by atoms with Crippen LogP contribution >= 0.6 is 11.3 Å². The van der Waals surface area contributed by atoms with Gasteiger partial charge in [0.25, 0.3) is 0 Å². The van der Waals surface area contributed by atoms with Crippen molar-refractivity contribution in [2.45, 2.75) is 6.92 Å². The molecule has 0 radical (unpaired) electrons. The lowest BCUT2D eigenvalue weighted by molar-refractivity contribution is -0.129. The molecule has 0 N–H and O–H groups in total. The summed E-state index contributed by atoms with van der Waals surface area (Å²) in [4.78, 5) is 17.1. The monoisotopic (exact) mass is 355 g/mol. The van der Waals surface area contributed by atoms with Gasteiger partial charge in [-0.1, -0.05) is 18.7 Å². The van der Waals surface area contributed by atoms with E-state index in [0.29, 0.717) is 24.0 Å². The Morgan fingerprint density at radius 3 is 2.88 bits per heavy atom. The molecule has 0 unspecified atom stereocenters. The average Bonchev–Trinajstić information content (AvgIpc) is 3.23. The maximum Gasteiger partial charge on any atom is 0.363 e. The highest BCUT2D eigenvalue weighted by atomic mass is 32.1. The number of benzene rings is 1. The van der Waals surface area contributed by atoms with Crippen molar-refractivity contribution in [2.75, 3.05) is 13.7 Å². The van der Waals surface area contributed by atoms with E-state index in [9.17, 15) is 4.79 Å². The number of hydrogen-bond donors (Lipinski definition) is 0. The van der Waals surface area contributed by atoms with Gasteiger partial charge in [-0.15, -0.1) is 11.3 Å². The molecule has 2 heterocycles. The van der Waals surface area contributed by atoms with Crippen molar-refractivity contribution in [1.82, 2.24) is 0 Å². The quantitative estimate of drug-likeness (QED) is 0.445. The van der Waals surface area contributed by atoms with Gasteiger partial charge in [-0.2, -0.15) is 0 Å². The minimum atomic E-state index is -0.469. The first-order valence-corrected chi connectivity index (χ1v) is 8.46. The molecule has 2 aromatic rings. The van der Waals surface area contributed by atoms with E-state index < -0.39 is 5.97 Å². The Hall–Kier alpha value is -2.86. The number of aliphatic imine (C=N–C) groups is 1. The van der Waals surface area contributed by atoms with E-state index in [0.717, 1.165) is 16.0 Å². The van der Waals surface area contributed by atoms with Crippen LogP contribution in [0.15, 0.2) is 58.6 Å². The van der Waals surface area contributed by atoms with Crippen LogP contribution in [0.25, 0.3) is 6.08 Å². The molecule has 0 saturated heterocycles. The average molecular weight is 355 g/mol. The molecule has 0 spiro atoms. The third kappa shape index (κ3) is 3.97. The van der Waals surface area contributed by atoms with Gasteiger partial charge >= 0.3 is 5.97 Å². The van der Waals surface area contributed by atoms with Crippen LogP contribution in [0.5, 0.6) is 11.5 Å². The Bertz CT molecular complexity index is 866. The van der Waals surface area contributed by atoms with E-state index in [1.54, 1.807) is 25.3 Å². The van der Waals surface area contributed by atoms with Crippen molar-refractivity contribution >= 4 is 29.3 Å². The largest absolute Gasteiger partial charge is 0.493 e. The van der Waals surface area contributed by atoms with E-state index in [4.69, 9.17) is 14.2 Å². The smallest absolute Gasteiger partial charge is 0.363 e. The predicted molar refractivity (Wildman–Crippen MR) is 98.2 cm³/mol. The van der Waals surface area contributed by atoms with Crippen molar-refractivity contribution in [2.24, 2.45) is 4.99 Å². The molecule has 1 aromatic heterocycles. The molecule has 1 aliphatic rings. The van der Waals surface area contributed by atoms with Crippen LogP contribution in [0.2, 0.25) is 0 Å². The zero-order chi connectivity index (χ0) is 17.8. The summed E-state index contributed by atoms with van der Waals surface area (Å²) in [5.74, 6) is 1.05. The van der Waals surface area contributed by atoms with Gasteiger partial charge in [0.1, 0.15) is 6.61 Å². The maximum absolute atomic E-state index is 12.0. The van der Waals surface area contributed by atoms with Crippen LogP contribution in [0, 0.1) is 0 Å².